The molecule has 3 aliphatic heterocycles. The van der Waals surface area contributed by atoms with Gasteiger partial charge in [-0.3, -0.25) is 4.79 Å². The van der Waals surface area contributed by atoms with E-state index < -0.39 is 18.7 Å². The first-order valence-corrected chi connectivity index (χ1v) is 11.1. The molecule has 3 N–H and O–H groups in total. The van der Waals surface area contributed by atoms with Crippen LogP contribution in [0.4, 0.5) is 4.39 Å². The van der Waals surface area contributed by atoms with Gasteiger partial charge in [-0.1, -0.05) is 5.92 Å². The Bertz CT molecular complexity index is 1410. The lowest BCUT2D eigenvalue weighted by Crippen LogP contribution is -2.42. The van der Waals surface area contributed by atoms with Crippen molar-refractivity contribution < 1.29 is 19.0 Å². The summed E-state index contributed by atoms with van der Waals surface area (Å²) in [5, 5.41) is 11.5. The van der Waals surface area contributed by atoms with Gasteiger partial charge in [0.1, 0.15) is 13.3 Å². The smallest absolute Gasteiger partial charge is 0.340 e. The first-order chi connectivity index (χ1) is 15.4. The average molecular weight is 453 g/mol. The largest absolute Gasteiger partial charge is 0.458 e. The van der Waals surface area contributed by atoms with E-state index in [1.807, 2.05) is 6.92 Å². The highest BCUT2D eigenvalue weighted by molar-refractivity contribution is 8.08. The van der Waals surface area contributed by atoms with E-state index >= 15 is 0 Å². The number of carbonyl (C=O) groups excluding carboxylic acids is 1. The predicted octanol–water partition coefficient (Wildman–Crippen LogP) is 0.236. The number of nitrogens with zero attached hydrogens (tertiary/aromatic N) is 2. The van der Waals surface area contributed by atoms with Crippen LogP contribution in [0.15, 0.2) is 10.9 Å². The molecule has 0 bridgehead atoms. The number of aromatic nitrogens is 2. The Morgan fingerprint density at radius 2 is 2.28 bits per heavy atom. The van der Waals surface area contributed by atoms with Crippen LogP contribution in [0.3, 0.4) is 0 Å². The van der Waals surface area contributed by atoms with Gasteiger partial charge in [-0.15, -0.1) is 18.2 Å². The standard InChI is InChI=1S/C23H20FN3O4S/c1-3-10(2)21-18-15(4-5-24)26-19-12(17(18)14(25)9-32-21)7-27-16(19)6-11-13(22(27)29)8-31-23(30)20(11)28/h1,4,6,10,14,20,28H,5,7-9,25H2,2H3/b15-4+. The molecule has 0 amide bonds. The second-order valence-corrected chi connectivity index (χ2v) is 9.07. The molecule has 32 heavy (non-hydrogen) atoms. The fourth-order valence-corrected chi connectivity index (χ4v) is 5.83. The van der Waals surface area contributed by atoms with Gasteiger partial charge in [-0.05, 0) is 24.6 Å². The molecular weight excluding hydrogens is 433 g/mol. The molecule has 3 atom stereocenters. The predicted molar refractivity (Wildman–Crippen MR) is 118 cm³/mol. The van der Waals surface area contributed by atoms with Crippen LogP contribution in [0, 0.1) is 18.3 Å². The lowest BCUT2D eigenvalue weighted by Gasteiger charge is -2.25. The lowest BCUT2D eigenvalue weighted by atomic mass is 9.95. The van der Waals surface area contributed by atoms with Crippen molar-refractivity contribution in [1.29, 1.82) is 0 Å². The first-order valence-electron chi connectivity index (χ1n) is 10.2. The number of fused-ring (bicyclic) bond motifs is 6. The molecule has 0 radical (unpaired) electrons. The third kappa shape index (κ3) is 2.87. The van der Waals surface area contributed by atoms with Gasteiger partial charge >= 0.3 is 5.97 Å². The zero-order valence-corrected chi connectivity index (χ0v) is 18.0. The summed E-state index contributed by atoms with van der Waals surface area (Å²) < 4.78 is 19.9. The number of pyridine rings is 2. The van der Waals surface area contributed by atoms with Gasteiger partial charge in [0.05, 0.1) is 28.8 Å². The molecule has 0 aromatic carbocycles. The number of aliphatic hydroxyl groups excluding tert-OH is 1. The maximum atomic E-state index is 13.5. The third-order valence-electron chi connectivity index (χ3n) is 6.19. The van der Waals surface area contributed by atoms with Gasteiger partial charge in [0.2, 0.25) is 0 Å². The fraction of sp³-hybridized carbons (Fsp3) is 0.348. The molecule has 2 aromatic rings. The van der Waals surface area contributed by atoms with Crippen LogP contribution in [0.5, 0.6) is 0 Å². The molecule has 3 aliphatic rings. The normalized spacial score (nSPS) is 22.4. The quantitative estimate of drug-likeness (QED) is 0.423. The minimum absolute atomic E-state index is 0.194. The number of rotatable bonds is 2. The number of aliphatic hydroxyl groups is 1. The Morgan fingerprint density at radius 1 is 1.50 bits per heavy atom. The van der Waals surface area contributed by atoms with Crippen LogP contribution < -0.4 is 21.9 Å². The second-order valence-electron chi connectivity index (χ2n) is 8.01. The Kier molecular flexibility index (Phi) is 4.97. The molecule has 2 aromatic heterocycles. The van der Waals surface area contributed by atoms with Crippen LogP contribution in [-0.4, -0.2) is 33.1 Å². The van der Waals surface area contributed by atoms with Crippen molar-refractivity contribution in [2.45, 2.75) is 32.2 Å². The Hall–Kier alpha value is -2.93. The van der Waals surface area contributed by atoms with Crippen LogP contribution in [0.25, 0.3) is 22.4 Å². The van der Waals surface area contributed by atoms with Crippen LogP contribution in [0.1, 0.15) is 41.3 Å². The highest BCUT2D eigenvalue weighted by Crippen LogP contribution is 2.38. The maximum Gasteiger partial charge on any atom is 0.340 e. The monoisotopic (exact) mass is 453 g/mol. The zero-order chi connectivity index (χ0) is 22.7. The summed E-state index contributed by atoms with van der Waals surface area (Å²) in [7, 11) is 0. The number of cyclic esters (lactones) is 1. The minimum atomic E-state index is -1.54. The molecule has 0 saturated heterocycles. The number of hydrogen-bond donors (Lipinski definition) is 2. The van der Waals surface area contributed by atoms with Crippen molar-refractivity contribution in [3.8, 4) is 23.7 Å². The molecule has 0 spiro atoms. The van der Waals surface area contributed by atoms with Crippen molar-refractivity contribution in [2.24, 2.45) is 11.7 Å². The van der Waals surface area contributed by atoms with Gasteiger partial charge < -0.3 is 20.1 Å². The van der Waals surface area contributed by atoms with Gasteiger partial charge in [-0.2, -0.15) is 0 Å². The van der Waals surface area contributed by atoms with Crippen molar-refractivity contribution >= 4 is 28.7 Å². The Labute approximate surface area is 186 Å². The van der Waals surface area contributed by atoms with Crippen LogP contribution >= 0.6 is 11.8 Å². The minimum Gasteiger partial charge on any atom is -0.458 e. The third-order valence-corrected chi connectivity index (χ3v) is 7.58. The van der Waals surface area contributed by atoms with Crippen molar-refractivity contribution in [1.82, 2.24) is 9.55 Å². The summed E-state index contributed by atoms with van der Waals surface area (Å²) in [6, 6.07) is 1.26. The van der Waals surface area contributed by atoms with Gasteiger partial charge in [0.25, 0.3) is 5.56 Å². The van der Waals surface area contributed by atoms with Crippen molar-refractivity contribution in [3.63, 3.8) is 0 Å². The van der Waals surface area contributed by atoms with Crippen molar-refractivity contribution in [3.05, 3.63) is 49.2 Å². The highest BCUT2D eigenvalue weighted by atomic mass is 32.2. The summed E-state index contributed by atoms with van der Waals surface area (Å²) in [5.41, 5.74) is 9.18. The molecule has 164 valence electrons. The number of carbonyl (C=O) groups is 1. The van der Waals surface area contributed by atoms with E-state index in [2.05, 4.69) is 5.92 Å². The van der Waals surface area contributed by atoms with Crippen LogP contribution in [-0.2, 0) is 22.7 Å². The highest BCUT2D eigenvalue weighted by Gasteiger charge is 2.36. The molecule has 5 heterocycles. The van der Waals surface area contributed by atoms with E-state index in [4.69, 9.17) is 21.9 Å². The molecule has 3 unspecified atom stereocenters. The molecule has 5 rings (SSSR count). The lowest BCUT2D eigenvalue weighted by molar-refractivity contribution is -0.157. The van der Waals surface area contributed by atoms with E-state index in [9.17, 15) is 19.1 Å². The van der Waals surface area contributed by atoms with E-state index in [-0.39, 0.29) is 41.8 Å². The molecule has 0 aliphatic carbocycles. The number of esters is 1. The summed E-state index contributed by atoms with van der Waals surface area (Å²) in [6.45, 7) is 1.22. The average Bonchev–Trinajstić information content (AvgIpc) is 3.15. The number of halogens is 1. The molecular formula is C23H20FN3O4S. The number of ether oxygens (including phenoxy) is 1. The summed E-state index contributed by atoms with van der Waals surface area (Å²) in [6.07, 6.45) is 5.53. The van der Waals surface area contributed by atoms with E-state index in [0.29, 0.717) is 22.5 Å². The fourth-order valence-electron chi connectivity index (χ4n) is 4.63. The molecule has 7 nitrogen and oxygen atoms in total. The molecule has 0 saturated carbocycles. The van der Waals surface area contributed by atoms with Gasteiger partial charge in [0, 0.05) is 39.0 Å². The number of terminal acetylenes is 1. The van der Waals surface area contributed by atoms with Crippen LogP contribution in [0.2, 0.25) is 0 Å². The van der Waals surface area contributed by atoms with E-state index in [0.717, 1.165) is 21.3 Å². The summed E-state index contributed by atoms with van der Waals surface area (Å²) in [5.74, 6) is 2.34. The molecule has 0 fully saturated rings. The Balaban J connectivity index is 1.87. The number of alkyl halides is 1. The molecule has 9 heteroatoms. The maximum absolute atomic E-state index is 13.5. The number of thioether (sulfide) groups is 1. The van der Waals surface area contributed by atoms with Gasteiger partial charge in [-0.25, -0.2) is 14.2 Å². The SMILES string of the molecule is C#CC(C)C1=c2c(c3c(n/c2=C/CF)-c2cc4c(c(=O)n2C3)COC(=O)C4O)C(N)CS1. The number of hydrogen-bond acceptors (Lipinski definition) is 7. The topological polar surface area (TPSA) is 107 Å². The number of nitrogens with two attached hydrogens (primary N) is 1. The summed E-state index contributed by atoms with van der Waals surface area (Å²) in [4.78, 5) is 30.7. The zero-order valence-electron chi connectivity index (χ0n) is 17.2. The second kappa shape index (κ2) is 7.59. The van der Waals surface area contributed by atoms with Crippen molar-refractivity contribution in [2.75, 3.05) is 12.4 Å². The summed E-state index contributed by atoms with van der Waals surface area (Å²) >= 11 is 1.55. The first kappa shape index (κ1) is 20.9. The van der Waals surface area contributed by atoms with Gasteiger partial charge in [0.15, 0.2) is 6.10 Å². The van der Waals surface area contributed by atoms with E-state index in [1.165, 1.54) is 6.08 Å². The Morgan fingerprint density at radius 3 is 3.00 bits per heavy atom. The van der Waals surface area contributed by atoms with E-state index in [1.54, 1.807) is 22.4 Å².